The zero-order valence-corrected chi connectivity index (χ0v) is 14.7. The van der Waals surface area contributed by atoms with Crippen molar-refractivity contribution < 1.29 is 0 Å². The molecule has 3 rings (SSSR count). The molecule has 2 aromatic rings. The summed E-state index contributed by atoms with van der Waals surface area (Å²) in [5.41, 5.74) is 14.8. The van der Waals surface area contributed by atoms with Crippen molar-refractivity contribution >= 4 is 0 Å². The number of fused-ring (bicyclic) bond motifs is 3. The van der Waals surface area contributed by atoms with Crippen molar-refractivity contribution in [2.24, 2.45) is 0 Å². The minimum absolute atomic E-state index is 0.105. The van der Waals surface area contributed by atoms with Crippen LogP contribution in [0.1, 0.15) is 58.4 Å². The first-order valence-corrected chi connectivity index (χ1v) is 7.90. The van der Waals surface area contributed by atoms with Gasteiger partial charge >= 0.3 is 0 Å². The molecule has 0 N–H and O–H groups in total. The van der Waals surface area contributed by atoms with Crippen molar-refractivity contribution in [3.63, 3.8) is 0 Å². The van der Waals surface area contributed by atoms with Crippen LogP contribution in [0.3, 0.4) is 0 Å². The number of hydrogen-bond acceptors (Lipinski definition) is 0. The van der Waals surface area contributed by atoms with Gasteiger partial charge in [0.2, 0.25) is 0 Å². The predicted octanol–water partition coefficient (Wildman–Crippen LogP) is 5.84. The average molecular weight is 278 g/mol. The van der Waals surface area contributed by atoms with Crippen LogP contribution in [-0.2, 0) is 5.41 Å². The van der Waals surface area contributed by atoms with Gasteiger partial charge in [0.15, 0.2) is 0 Å². The quantitative estimate of drug-likeness (QED) is 0.567. The summed E-state index contributed by atoms with van der Waals surface area (Å²) in [7, 11) is 0. The van der Waals surface area contributed by atoms with E-state index in [0.29, 0.717) is 0 Å². The normalized spacial score (nSPS) is 15.0. The lowest BCUT2D eigenvalue weighted by Gasteiger charge is -2.27. The Bertz CT molecular complexity index is 774. The second-order valence-corrected chi connectivity index (χ2v) is 7.38. The molecule has 21 heavy (non-hydrogen) atoms. The van der Waals surface area contributed by atoms with Gasteiger partial charge in [-0.3, -0.25) is 0 Å². The first kappa shape index (κ1) is 14.4. The maximum atomic E-state index is 2.41. The van der Waals surface area contributed by atoms with Crippen LogP contribution in [0.2, 0.25) is 0 Å². The van der Waals surface area contributed by atoms with E-state index in [9.17, 15) is 0 Å². The smallest absolute Gasteiger partial charge is 0.0164 e. The van der Waals surface area contributed by atoms with Crippen LogP contribution in [0.5, 0.6) is 0 Å². The molecule has 1 aliphatic carbocycles. The van der Waals surface area contributed by atoms with E-state index in [-0.39, 0.29) is 5.41 Å². The lowest BCUT2D eigenvalue weighted by atomic mass is 9.77. The summed E-state index contributed by atoms with van der Waals surface area (Å²) < 4.78 is 0. The fraction of sp³-hybridized carbons (Fsp3) is 0.429. The van der Waals surface area contributed by atoms with E-state index < -0.39 is 0 Å². The third-order valence-electron chi connectivity index (χ3n) is 5.72. The Hall–Kier alpha value is -1.56. The number of benzene rings is 2. The summed E-state index contributed by atoms with van der Waals surface area (Å²) in [6.45, 7) is 18.4. The van der Waals surface area contributed by atoms with Gasteiger partial charge in [-0.25, -0.2) is 0 Å². The summed E-state index contributed by atoms with van der Waals surface area (Å²) in [5.74, 6) is 0. The van der Waals surface area contributed by atoms with Crippen LogP contribution in [0, 0.1) is 41.5 Å². The van der Waals surface area contributed by atoms with Crippen molar-refractivity contribution in [3.8, 4) is 11.1 Å². The van der Waals surface area contributed by atoms with E-state index in [1.54, 1.807) is 5.56 Å². The third-order valence-corrected chi connectivity index (χ3v) is 5.72. The van der Waals surface area contributed by atoms with Crippen LogP contribution < -0.4 is 0 Å². The first-order valence-electron chi connectivity index (χ1n) is 7.90. The molecule has 0 aromatic heterocycles. The SMILES string of the molecule is Cc1cc2c(c(C)c1C)C(C)(C)c1c(C)c(C)cc(C)c1-2. The summed E-state index contributed by atoms with van der Waals surface area (Å²) in [5, 5.41) is 0. The highest BCUT2D eigenvalue weighted by Crippen LogP contribution is 2.53. The molecule has 0 spiro atoms. The Morgan fingerprint density at radius 3 is 1.81 bits per heavy atom. The number of aryl methyl sites for hydroxylation is 3. The van der Waals surface area contributed by atoms with Gasteiger partial charge in [0.25, 0.3) is 0 Å². The van der Waals surface area contributed by atoms with E-state index >= 15 is 0 Å². The van der Waals surface area contributed by atoms with Crippen molar-refractivity contribution in [3.05, 3.63) is 56.6 Å². The molecule has 0 heterocycles. The molecule has 0 nitrogen and oxygen atoms in total. The minimum atomic E-state index is 0.105. The van der Waals surface area contributed by atoms with Crippen LogP contribution in [0.15, 0.2) is 12.1 Å². The molecule has 0 radical (unpaired) electrons. The molecule has 0 aliphatic heterocycles. The molecule has 0 atom stereocenters. The Morgan fingerprint density at radius 2 is 1.19 bits per heavy atom. The molecule has 0 saturated carbocycles. The largest absolute Gasteiger partial charge is 0.0555 e. The van der Waals surface area contributed by atoms with Crippen molar-refractivity contribution in [2.45, 2.75) is 60.8 Å². The topological polar surface area (TPSA) is 0 Å². The fourth-order valence-electron chi connectivity index (χ4n) is 4.43. The monoisotopic (exact) mass is 278 g/mol. The second-order valence-electron chi connectivity index (χ2n) is 7.38. The van der Waals surface area contributed by atoms with Gasteiger partial charge in [0, 0.05) is 5.41 Å². The van der Waals surface area contributed by atoms with E-state index in [1.807, 2.05) is 0 Å². The molecule has 0 heteroatoms. The van der Waals surface area contributed by atoms with Gasteiger partial charge in [-0.15, -0.1) is 0 Å². The van der Waals surface area contributed by atoms with Crippen LogP contribution in [0.4, 0.5) is 0 Å². The van der Waals surface area contributed by atoms with Gasteiger partial charge in [-0.2, -0.15) is 0 Å². The summed E-state index contributed by atoms with van der Waals surface area (Å²) in [6.07, 6.45) is 0. The highest BCUT2D eigenvalue weighted by Gasteiger charge is 2.39. The average Bonchev–Trinajstić information content (AvgIpc) is 2.61. The summed E-state index contributed by atoms with van der Waals surface area (Å²) in [4.78, 5) is 0. The predicted molar refractivity (Wildman–Crippen MR) is 92.4 cm³/mol. The molecule has 1 aliphatic rings. The Labute approximate surface area is 129 Å². The van der Waals surface area contributed by atoms with Gasteiger partial charge in [-0.05, 0) is 97.2 Å². The van der Waals surface area contributed by atoms with Crippen molar-refractivity contribution in [1.82, 2.24) is 0 Å². The highest BCUT2D eigenvalue weighted by atomic mass is 14.4. The van der Waals surface area contributed by atoms with Gasteiger partial charge < -0.3 is 0 Å². The van der Waals surface area contributed by atoms with Gasteiger partial charge in [0.05, 0.1) is 0 Å². The summed E-state index contributed by atoms with van der Waals surface area (Å²) >= 11 is 0. The van der Waals surface area contributed by atoms with E-state index in [1.165, 1.54) is 50.1 Å². The van der Waals surface area contributed by atoms with E-state index in [0.717, 1.165) is 0 Å². The van der Waals surface area contributed by atoms with Crippen LogP contribution in [-0.4, -0.2) is 0 Å². The molecule has 0 fully saturated rings. The standard InChI is InChI=1S/C21H26/c1-11-9-13(3)18-17-10-12(2)14(4)16(6)19(17)21(7,8)20(18)15(11)5/h9-10H,1-8H3. The fourth-order valence-corrected chi connectivity index (χ4v) is 4.43. The van der Waals surface area contributed by atoms with Gasteiger partial charge in [-0.1, -0.05) is 26.0 Å². The summed E-state index contributed by atoms with van der Waals surface area (Å²) in [6, 6.07) is 4.76. The maximum Gasteiger partial charge on any atom is 0.0164 e. The molecule has 0 bridgehead atoms. The zero-order chi connectivity index (χ0) is 15.7. The highest BCUT2D eigenvalue weighted by molar-refractivity contribution is 5.86. The van der Waals surface area contributed by atoms with E-state index in [2.05, 4.69) is 67.5 Å². The second kappa shape index (κ2) is 4.22. The third kappa shape index (κ3) is 1.68. The lowest BCUT2D eigenvalue weighted by molar-refractivity contribution is 0.649. The van der Waals surface area contributed by atoms with E-state index in [4.69, 9.17) is 0 Å². The van der Waals surface area contributed by atoms with Crippen LogP contribution in [0.25, 0.3) is 11.1 Å². The van der Waals surface area contributed by atoms with Gasteiger partial charge in [0.1, 0.15) is 0 Å². The lowest BCUT2D eigenvalue weighted by Crippen LogP contribution is -2.19. The first-order chi connectivity index (χ1) is 9.67. The zero-order valence-electron chi connectivity index (χ0n) is 14.7. The molecular formula is C21H26. The number of hydrogen-bond donors (Lipinski definition) is 0. The Morgan fingerprint density at radius 1 is 0.619 bits per heavy atom. The Balaban J connectivity index is 2.54. The van der Waals surface area contributed by atoms with Crippen molar-refractivity contribution in [1.29, 1.82) is 0 Å². The van der Waals surface area contributed by atoms with Crippen molar-refractivity contribution in [2.75, 3.05) is 0 Å². The number of rotatable bonds is 0. The van der Waals surface area contributed by atoms with Crippen LogP contribution >= 0.6 is 0 Å². The molecule has 2 aromatic carbocycles. The Kier molecular flexibility index (Phi) is 2.89. The molecule has 0 amide bonds. The molecule has 0 unspecified atom stereocenters. The molecular weight excluding hydrogens is 252 g/mol. The minimum Gasteiger partial charge on any atom is -0.0555 e. The molecule has 0 saturated heterocycles. The molecule has 110 valence electrons. The maximum absolute atomic E-state index is 2.41.